The second-order valence-corrected chi connectivity index (χ2v) is 8.74. The molecule has 1 atom stereocenters. The molecule has 5 nitrogen and oxygen atoms in total. The first-order chi connectivity index (χ1) is 12.1. The molecule has 0 bridgehead atoms. The van der Waals surface area contributed by atoms with Gasteiger partial charge in [-0.15, -0.1) is 0 Å². The molecule has 2 aromatic carbocycles. The fourth-order valence-electron chi connectivity index (χ4n) is 2.59. The van der Waals surface area contributed by atoms with Crippen LogP contribution in [-0.4, -0.2) is 27.1 Å². The number of nitrogens with one attached hydrogen (secondary N) is 1. The van der Waals surface area contributed by atoms with Crippen molar-refractivity contribution in [1.29, 1.82) is 0 Å². The van der Waals surface area contributed by atoms with E-state index in [-0.39, 0.29) is 18.5 Å². The lowest BCUT2D eigenvalue weighted by atomic mass is 10.1. The molecule has 2 rings (SSSR count). The van der Waals surface area contributed by atoms with Crippen LogP contribution in [0.3, 0.4) is 0 Å². The van der Waals surface area contributed by atoms with Crippen molar-refractivity contribution in [3.05, 3.63) is 64.2 Å². The quantitative estimate of drug-likeness (QED) is 0.813. The molecular formula is C19H23ClN2O3S. The average Bonchev–Trinajstić information content (AvgIpc) is 2.54. The second-order valence-electron chi connectivity index (χ2n) is 6.40. The number of halogens is 1. The number of nitrogens with zero attached hydrogens (tertiary/aromatic N) is 1. The molecule has 0 aliphatic heterocycles. The molecule has 0 heterocycles. The standard InChI is InChI=1S/C19H23ClN2O3S/c1-13-5-8-16(9-6-13)15(3)21-19(23)12-22(26(4,24)25)18-11-17(20)10-7-14(18)2/h5-11,15H,12H2,1-4H3,(H,21,23). The number of hydrogen-bond acceptors (Lipinski definition) is 3. The van der Waals surface area contributed by atoms with Crippen LogP contribution in [0.25, 0.3) is 0 Å². The number of benzene rings is 2. The monoisotopic (exact) mass is 394 g/mol. The molecule has 26 heavy (non-hydrogen) atoms. The predicted molar refractivity (Wildman–Crippen MR) is 106 cm³/mol. The van der Waals surface area contributed by atoms with Gasteiger partial charge in [0.15, 0.2) is 0 Å². The van der Waals surface area contributed by atoms with Gasteiger partial charge >= 0.3 is 0 Å². The lowest BCUT2D eigenvalue weighted by Gasteiger charge is -2.25. The Morgan fingerprint density at radius 3 is 2.35 bits per heavy atom. The third-order valence-electron chi connectivity index (χ3n) is 4.08. The Labute approximate surface area is 160 Å². The van der Waals surface area contributed by atoms with E-state index in [4.69, 9.17) is 11.6 Å². The molecule has 0 aliphatic carbocycles. The minimum absolute atomic E-state index is 0.232. The summed E-state index contributed by atoms with van der Waals surface area (Å²) in [4.78, 5) is 12.5. The largest absolute Gasteiger partial charge is 0.348 e. The number of hydrogen-bond donors (Lipinski definition) is 1. The van der Waals surface area contributed by atoms with Gasteiger partial charge in [0.2, 0.25) is 15.9 Å². The van der Waals surface area contributed by atoms with Gasteiger partial charge in [0.1, 0.15) is 6.54 Å². The van der Waals surface area contributed by atoms with E-state index in [1.165, 1.54) is 0 Å². The fraction of sp³-hybridized carbons (Fsp3) is 0.316. The third kappa shape index (κ3) is 5.22. The van der Waals surface area contributed by atoms with Crippen LogP contribution in [-0.2, 0) is 14.8 Å². The maximum atomic E-state index is 12.5. The van der Waals surface area contributed by atoms with Gasteiger partial charge in [0.25, 0.3) is 0 Å². The number of anilines is 1. The fourth-order valence-corrected chi connectivity index (χ4v) is 3.66. The number of amides is 1. The molecule has 0 aliphatic rings. The van der Waals surface area contributed by atoms with Gasteiger partial charge in [-0.05, 0) is 44.0 Å². The van der Waals surface area contributed by atoms with Crippen LogP contribution in [0.15, 0.2) is 42.5 Å². The summed E-state index contributed by atoms with van der Waals surface area (Å²) in [5.41, 5.74) is 3.21. The molecule has 140 valence electrons. The Morgan fingerprint density at radius 2 is 1.77 bits per heavy atom. The minimum Gasteiger partial charge on any atom is -0.348 e. The van der Waals surface area contributed by atoms with Gasteiger partial charge in [0.05, 0.1) is 18.0 Å². The molecular weight excluding hydrogens is 372 g/mol. The van der Waals surface area contributed by atoms with E-state index in [1.807, 2.05) is 38.1 Å². The first-order valence-corrected chi connectivity index (χ1v) is 10.4. The molecule has 0 fully saturated rings. The van der Waals surface area contributed by atoms with Gasteiger partial charge in [-0.25, -0.2) is 8.42 Å². The van der Waals surface area contributed by atoms with Gasteiger partial charge in [-0.2, -0.15) is 0 Å². The summed E-state index contributed by atoms with van der Waals surface area (Å²) in [7, 11) is -3.64. The van der Waals surface area contributed by atoms with E-state index >= 15 is 0 Å². The molecule has 0 saturated heterocycles. The Balaban J connectivity index is 2.19. The summed E-state index contributed by atoms with van der Waals surface area (Å²) in [6.07, 6.45) is 1.07. The number of carbonyl (C=O) groups is 1. The normalized spacial score (nSPS) is 12.5. The minimum atomic E-state index is -3.64. The van der Waals surface area contributed by atoms with Gasteiger partial charge in [-0.3, -0.25) is 9.10 Å². The smallest absolute Gasteiger partial charge is 0.241 e. The third-order valence-corrected chi connectivity index (χ3v) is 5.44. The van der Waals surface area contributed by atoms with E-state index < -0.39 is 10.0 Å². The zero-order valence-electron chi connectivity index (χ0n) is 15.3. The summed E-state index contributed by atoms with van der Waals surface area (Å²) < 4.78 is 25.5. The summed E-state index contributed by atoms with van der Waals surface area (Å²) in [6.45, 7) is 5.31. The highest BCUT2D eigenvalue weighted by atomic mass is 35.5. The van der Waals surface area contributed by atoms with Crippen LogP contribution >= 0.6 is 11.6 Å². The van der Waals surface area contributed by atoms with Crippen LogP contribution in [0.2, 0.25) is 5.02 Å². The van der Waals surface area contributed by atoms with Crippen molar-refractivity contribution in [3.63, 3.8) is 0 Å². The van der Waals surface area contributed by atoms with Crippen LogP contribution in [0, 0.1) is 13.8 Å². The first-order valence-electron chi connectivity index (χ1n) is 8.17. The lowest BCUT2D eigenvalue weighted by Crippen LogP contribution is -2.41. The Bertz CT molecular complexity index is 896. The van der Waals surface area contributed by atoms with Gasteiger partial charge in [-0.1, -0.05) is 47.5 Å². The van der Waals surface area contributed by atoms with E-state index in [9.17, 15) is 13.2 Å². The summed E-state index contributed by atoms with van der Waals surface area (Å²) in [5, 5.41) is 3.25. The van der Waals surface area contributed by atoms with E-state index in [0.29, 0.717) is 10.7 Å². The van der Waals surface area contributed by atoms with Crippen LogP contribution in [0.1, 0.15) is 29.7 Å². The second kappa shape index (κ2) is 8.10. The summed E-state index contributed by atoms with van der Waals surface area (Å²) in [5.74, 6) is -0.386. The Kier molecular flexibility index (Phi) is 6.31. The number of rotatable bonds is 6. The highest BCUT2D eigenvalue weighted by molar-refractivity contribution is 7.92. The molecule has 0 saturated carbocycles. The lowest BCUT2D eigenvalue weighted by molar-refractivity contribution is -0.120. The molecule has 0 radical (unpaired) electrons. The maximum Gasteiger partial charge on any atom is 0.241 e. The highest BCUT2D eigenvalue weighted by Gasteiger charge is 2.23. The van der Waals surface area contributed by atoms with Crippen molar-refractivity contribution in [3.8, 4) is 0 Å². The zero-order chi connectivity index (χ0) is 19.5. The zero-order valence-corrected chi connectivity index (χ0v) is 16.9. The number of carbonyl (C=O) groups excluding carboxylic acids is 1. The van der Waals surface area contributed by atoms with E-state index in [2.05, 4.69) is 5.32 Å². The maximum absolute atomic E-state index is 12.5. The summed E-state index contributed by atoms with van der Waals surface area (Å²) in [6, 6.07) is 12.5. The summed E-state index contributed by atoms with van der Waals surface area (Å²) >= 11 is 6.00. The Morgan fingerprint density at radius 1 is 1.15 bits per heavy atom. The van der Waals surface area contributed by atoms with Gasteiger partial charge in [0, 0.05) is 5.02 Å². The van der Waals surface area contributed by atoms with Crippen LogP contribution < -0.4 is 9.62 Å². The topological polar surface area (TPSA) is 66.5 Å². The average molecular weight is 395 g/mol. The van der Waals surface area contributed by atoms with Crippen molar-refractivity contribution in [2.24, 2.45) is 0 Å². The predicted octanol–water partition coefficient (Wildman–Crippen LogP) is 3.60. The molecule has 7 heteroatoms. The first kappa shape index (κ1) is 20.3. The van der Waals surface area contributed by atoms with Gasteiger partial charge < -0.3 is 5.32 Å². The molecule has 1 unspecified atom stereocenters. The molecule has 1 N–H and O–H groups in total. The molecule has 0 aromatic heterocycles. The SMILES string of the molecule is Cc1ccc(C(C)NC(=O)CN(c2cc(Cl)ccc2C)S(C)(=O)=O)cc1. The van der Waals surface area contributed by atoms with Crippen LogP contribution in [0.4, 0.5) is 5.69 Å². The van der Waals surface area contributed by atoms with Crippen molar-refractivity contribution in [2.75, 3.05) is 17.1 Å². The number of sulfonamides is 1. The van der Waals surface area contributed by atoms with E-state index in [0.717, 1.165) is 27.3 Å². The van der Waals surface area contributed by atoms with Crippen LogP contribution in [0.5, 0.6) is 0 Å². The van der Waals surface area contributed by atoms with Crippen molar-refractivity contribution in [1.82, 2.24) is 5.32 Å². The van der Waals surface area contributed by atoms with E-state index in [1.54, 1.807) is 25.1 Å². The molecule has 0 spiro atoms. The van der Waals surface area contributed by atoms with Crippen molar-refractivity contribution < 1.29 is 13.2 Å². The number of aryl methyl sites for hydroxylation is 2. The molecule has 2 aromatic rings. The Hall–Kier alpha value is -2.05. The highest BCUT2D eigenvalue weighted by Crippen LogP contribution is 2.26. The molecule has 1 amide bonds. The van der Waals surface area contributed by atoms with Crippen molar-refractivity contribution in [2.45, 2.75) is 26.8 Å². The van der Waals surface area contributed by atoms with Crippen molar-refractivity contribution >= 4 is 33.2 Å².